The molecule has 2 saturated heterocycles. The Bertz CT molecular complexity index is 172. The van der Waals surface area contributed by atoms with E-state index in [1.165, 1.54) is 19.3 Å². The van der Waals surface area contributed by atoms with Gasteiger partial charge >= 0.3 is 0 Å². The molecule has 2 N–H and O–H groups in total. The lowest BCUT2D eigenvalue weighted by atomic mass is 10.1. The summed E-state index contributed by atoms with van der Waals surface area (Å²) in [5.41, 5.74) is 0. The summed E-state index contributed by atoms with van der Waals surface area (Å²) in [6.45, 7) is 5.21. The van der Waals surface area contributed by atoms with E-state index in [4.69, 9.17) is 0 Å². The molecule has 2 aliphatic rings. The molecule has 2 aliphatic heterocycles. The van der Waals surface area contributed by atoms with Crippen molar-refractivity contribution in [3.63, 3.8) is 0 Å². The van der Waals surface area contributed by atoms with E-state index in [9.17, 15) is 5.11 Å². The van der Waals surface area contributed by atoms with Crippen LogP contribution in [0.5, 0.6) is 0 Å². The Morgan fingerprint density at radius 1 is 1.36 bits per heavy atom. The van der Waals surface area contributed by atoms with Crippen molar-refractivity contribution in [1.82, 2.24) is 10.2 Å². The standard InChI is InChI=1S/C11H22N2O/c1-2-11(14)8-13-9-3-4-10(13)7-12-6-5-9/h9-12,14H,2-8H2,1H3/t9?,10?,11-/m1/s1. The zero-order valence-electron chi connectivity index (χ0n) is 9.08. The molecular weight excluding hydrogens is 176 g/mol. The van der Waals surface area contributed by atoms with Crippen LogP contribution in [0, 0.1) is 0 Å². The highest BCUT2D eigenvalue weighted by molar-refractivity contribution is 4.92. The van der Waals surface area contributed by atoms with Gasteiger partial charge in [0.25, 0.3) is 0 Å². The zero-order valence-corrected chi connectivity index (χ0v) is 9.08. The lowest BCUT2D eigenvalue weighted by molar-refractivity contribution is 0.0848. The maximum absolute atomic E-state index is 9.70. The summed E-state index contributed by atoms with van der Waals surface area (Å²) in [7, 11) is 0. The van der Waals surface area contributed by atoms with E-state index >= 15 is 0 Å². The summed E-state index contributed by atoms with van der Waals surface area (Å²) in [4.78, 5) is 2.54. The van der Waals surface area contributed by atoms with Gasteiger partial charge in [-0.3, -0.25) is 4.90 Å². The van der Waals surface area contributed by atoms with Crippen molar-refractivity contribution in [3.05, 3.63) is 0 Å². The van der Waals surface area contributed by atoms with Crippen molar-refractivity contribution < 1.29 is 5.11 Å². The molecule has 0 radical (unpaired) electrons. The molecule has 2 rings (SSSR count). The van der Waals surface area contributed by atoms with Crippen molar-refractivity contribution >= 4 is 0 Å². The average molecular weight is 198 g/mol. The fourth-order valence-electron chi connectivity index (χ4n) is 2.75. The van der Waals surface area contributed by atoms with Crippen LogP contribution in [0.1, 0.15) is 32.6 Å². The largest absolute Gasteiger partial charge is 0.392 e. The Balaban J connectivity index is 1.95. The van der Waals surface area contributed by atoms with Gasteiger partial charge in [-0.05, 0) is 32.2 Å². The molecule has 3 nitrogen and oxygen atoms in total. The van der Waals surface area contributed by atoms with Gasteiger partial charge in [-0.1, -0.05) is 6.92 Å². The topological polar surface area (TPSA) is 35.5 Å². The second-order valence-corrected chi connectivity index (χ2v) is 4.64. The van der Waals surface area contributed by atoms with Crippen molar-refractivity contribution in [1.29, 1.82) is 0 Å². The van der Waals surface area contributed by atoms with Crippen LogP contribution in [0.25, 0.3) is 0 Å². The van der Waals surface area contributed by atoms with Gasteiger partial charge in [0.05, 0.1) is 6.10 Å². The van der Waals surface area contributed by atoms with Gasteiger partial charge in [0.1, 0.15) is 0 Å². The molecule has 0 saturated carbocycles. The summed E-state index contributed by atoms with van der Waals surface area (Å²) in [5.74, 6) is 0. The summed E-state index contributed by atoms with van der Waals surface area (Å²) in [6.07, 6.45) is 4.66. The third-order valence-corrected chi connectivity index (χ3v) is 3.70. The van der Waals surface area contributed by atoms with Gasteiger partial charge in [0.2, 0.25) is 0 Å². The maximum Gasteiger partial charge on any atom is 0.0664 e. The number of rotatable bonds is 3. The third kappa shape index (κ3) is 2.10. The molecule has 0 aromatic rings. The van der Waals surface area contributed by atoms with Crippen molar-refractivity contribution in [3.8, 4) is 0 Å². The smallest absolute Gasteiger partial charge is 0.0664 e. The first-order valence-electron chi connectivity index (χ1n) is 5.95. The first-order valence-corrected chi connectivity index (χ1v) is 5.95. The predicted octanol–water partition coefficient (Wildman–Crippen LogP) is 0.584. The minimum Gasteiger partial charge on any atom is -0.392 e. The summed E-state index contributed by atoms with van der Waals surface area (Å²) in [6, 6.07) is 1.42. The number of fused-ring (bicyclic) bond motifs is 2. The monoisotopic (exact) mass is 198 g/mol. The van der Waals surface area contributed by atoms with E-state index in [1.54, 1.807) is 0 Å². The highest BCUT2D eigenvalue weighted by atomic mass is 16.3. The number of hydrogen-bond acceptors (Lipinski definition) is 3. The fourth-order valence-corrected chi connectivity index (χ4v) is 2.75. The molecule has 2 bridgehead atoms. The quantitative estimate of drug-likeness (QED) is 0.696. The Hall–Kier alpha value is -0.120. The van der Waals surface area contributed by atoms with E-state index in [2.05, 4.69) is 17.1 Å². The van der Waals surface area contributed by atoms with Gasteiger partial charge in [-0.15, -0.1) is 0 Å². The van der Waals surface area contributed by atoms with Crippen molar-refractivity contribution in [2.24, 2.45) is 0 Å². The van der Waals surface area contributed by atoms with Gasteiger partial charge < -0.3 is 10.4 Å². The highest BCUT2D eigenvalue weighted by Gasteiger charge is 2.35. The second-order valence-electron chi connectivity index (χ2n) is 4.64. The lowest BCUT2D eigenvalue weighted by Gasteiger charge is -2.29. The average Bonchev–Trinajstić information content (AvgIpc) is 2.40. The SMILES string of the molecule is CC[C@@H](O)CN1C2CCNCC1CC2. The number of aliphatic hydroxyl groups is 1. The summed E-state index contributed by atoms with van der Waals surface area (Å²) < 4.78 is 0. The van der Waals surface area contributed by atoms with Crippen LogP contribution in [0.4, 0.5) is 0 Å². The van der Waals surface area contributed by atoms with Crippen molar-refractivity contribution in [2.75, 3.05) is 19.6 Å². The lowest BCUT2D eigenvalue weighted by Crippen LogP contribution is -2.42. The van der Waals surface area contributed by atoms with Crippen LogP contribution < -0.4 is 5.32 Å². The van der Waals surface area contributed by atoms with Crippen molar-refractivity contribution in [2.45, 2.75) is 50.8 Å². The normalized spacial score (nSPS) is 35.6. The molecule has 0 amide bonds. The van der Waals surface area contributed by atoms with E-state index < -0.39 is 0 Å². The molecule has 2 fully saturated rings. The number of aliphatic hydroxyl groups excluding tert-OH is 1. The second kappa shape index (κ2) is 4.60. The fraction of sp³-hybridized carbons (Fsp3) is 1.00. The van der Waals surface area contributed by atoms with E-state index in [0.29, 0.717) is 6.04 Å². The van der Waals surface area contributed by atoms with E-state index in [0.717, 1.165) is 32.1 Å². The number of nitrogens with zero attached hydrogens (tertiary/aromatic N) is 1. The van der Waals surface area contributed by atoms with Crippen LogP contribution in [0.3, 0.4) is 0 Å². The maximum atomic E-state index is 9.70. The molecule has 14 heavy (non-hydrogen) atoms. The molecule has 2 unspecified atom stereocenters. The highest BCUT2D eigenvalue weighted by Crippen LogP contribution is 2.27. The Morgan fingerprint density at radius 2 is 2.14 bits per heavy atom. The Labute approximate surface area is 86.5 Å². The van der Waals surface area contributed by atoms with Crippen LogP contribution in [0.15, 0.2) is 0 Å². The molecule has 3 heteroatoms. The zero-order chi connectivity index (χ0) is 9.97. The molecule has 3 atom stereocenters. The molecule has 82 valence electrons. The van der Waals surface area contributed by atoms with Gasteiger partial charge in [0, 0.05) is 25.2 Å². The van der Waals surface area contributed by atoms with E-state index in [1.807, 2.05) is 0 Å². The minimum atomic E-state index is -0.129. The first-order chi connectivity index (χ1) is 6.81. The first kappa shape index (κ1) is 10.4. The van der Waals surface area contributed by atoms with Crippen LogP contribution in [0.2, 0.25) is 0 Å². The Morgan fingerprint density at radius 3 is 2.93 bits per heavy atom. The van der Waals surface area contributed by atoms with E-state index in [-0.39, 0.29) is 6.10 Å². The van der Waals surface area contributed by atoms with Gasteiger partial charge in [-0.25, -0.2) is 0 Å². The van der Waals surface area contributed by atoms with Crippen LogP contribution >= 0.6 is 0 Å². The molecular formula is C11H22N2O. The van der Waals surface area contributed by atoms with Gasteiger partial charge in [0.15, 0.2) is 0 Å². The van der Waals surface area contributed by atoms with Gasteiger partial charge in [-0.2, -0.15) is 0 Å². The predicted molar refractivity (Wildman–Crippen MR) is 57.3 cm³/mol. The van der Waals surface area contributed by atoms with Crippen LogP contribution in [-0.2, 0) is 0 Å². The molecule has 2 heterocycles. The molecule has 0 aliphatic carbocycles. The van der Waals surface area contributed by atoms with Crippen LogP contribution in [-0.4, -0.2) is 47.8 Å². The number of hydrogen-bond donors (Lipinski definition) is 2. The third-order valence-electron chi connectivity index (χ3n) is 3.70. The Kier molecular flexibility index (Phi) is 3.42. The number of nitrogens with one attached hydrogen (secondary N) is 1. The minimum absolute atomic E-state index is 0.129. The summed E-state index contributed by atoms with van der Waals surface area (Å²) in [5, 5.41) is 13.2. The molecule has 0 aromatic carbocycles. The molecule has 0 aromatic heterocycles. The molecule has 0 spiro atoms. The summed E-state index contributed by atoms with van der Waals surface area (Å²) >= 11 is 0.